The summed E-state index contributed by atoms with van der Waals surface area (Å²) in [7, 11) is 2.38. The number of hydrogen-bond donors (Lipinski definition) is 0. The molecule has 3 aromatic rings. The summed E-state index contributed by atoms with van der Waals surface area (Å²) in [5.41, 5.74) is 1.18. The van der Waals surface area contributed by atoms with Crippen LogP contribution in [0.15, 0.2) is 46.9 Å². The maximum atomic E-state index is 9.22. The molecule has 0 saturated heterocycles. The first-order valence-electron chi connectivity index (χ1n) is 7.37. The van der Waals surface area contributed by atoms with Crippen molar-refractivity contribution in [2.75, 3.05) is 7.11 Å². The van der Waals surface area contributed by atoms with Crippen molar-refractivity contribution >= 4 is 38.2 Å². The number of aromatic nitrogens is 3. The number of thiazole rings is 1. The highest BCUT2D eigenvalue weighted by Gasteiger charge is 2.07. The van der Waals surface area contributed by atoms with Gasteiger partial charge in [0.05, 0.1) is 31.4 Å². The van der Waals surface area contributed by atoms with Crippen molar-refractivity contribution in [2.45, 2.75) is 0 Å². The van der Waals surface area contributed by atoms with Gasteiger partial charge in [-0.05, 0) is 12.1 Å². The summed E-state index contributed by atoms with van der Waals surface area (Å²) in [6.07, 6.45) is 5.74. The quantitative estimate of drug-likeness (QED) is 0.210. The van der Waals surface area contributed by atoms with E-state index in [2.05, 4.69) is 31.1 Å². The lowest BCUT2D eigenvalue weighted by Gasteiger charge is -1.98. The van der Waals surface area contributed by atoms with Crippen molar-refractivity contribution in [3.05, 3.63) is 47.3 Å². The van der Waals surface area contributed by atoms with Crippen LogP contribution in [0.2, 0.25) is 0 Å². The molecule has 0 fully saturated rings. The normalized spacial score (nSPS) is 12.6. The third kappa shape index (κ3) is 5.08. The van der Waals surface area contributed by atoms with Crippen molar-refractivity contribution < 1.29 is 21.7 Å². The maximum absolute atomic E-state index is 9.22. The van der Waals surface area contributed by atoms with Crippen LogP contribution in [-0.4, -0.2) is 35.4 Å². The van der Waals surface area contributed by atoms with E-state index in [4.69, 9.17) is 0 Å². The Bertz CT molecular complexity index is 1070. The SMILES string of the molecule is COS(=O)(=O)[O-].Cn1cc[n+](C)c1/C=N\N=c1\sc2ccccc2n1C. The zero-order chi connectivity index (χ0) is 19.3. The summed E-state index contributed by atoms with van der Waals surface area (Å²) in [4.78, 5) is 0.888. The number of hydrogen-bond acceptors (Lipinski definition) is 7. The molecular formula is C15H19N5O4S2. The highest BCUT2D eigenvalue weighted by atomic mass is 32.3. The second-order valence-electron chi connectivity index (χ2n) is 5.21. The van der Waals surface area contributed by atoms with Crippen LogP contribution in [0, 0.1) is 0 Å². The first-order chi connectivity index (χ1) is 12.2. The Labute approximate surface area is 155 Å². The van der Waals surface area contributed by atoms with Crippen molar-refractivity contribution in [1.82, 2.24) is 9.13 Å². The molecule has 0 unspecified atom stereocenters. The Morgan fingerprint density at radius 3 is 2.50 bits per heavy atom. The molecule has 140 valence electrons. The zero-order valence-electron chi connectivity index (χ0n) is 14.7. The van der Waals surface area contributed by atoms with Crippen LogP contribution in [0.3, 0.4) is 0 Å². The zero-order valence-corrected chi connectivity index (χ0v) is 16.4. The molecule has 9 nitrogen and oxygen atoms in total. The first kappa shape index (κ1) is 20.0. The molecule has 2 heterocycles. The molecule has 0 aliphatic carbocycles. The van der Waals surface area contributed by atoms with Gasteiger partial charge in [0.25, 0.3) is 0 Å². The number of nitrogens with zero attached hydrogens (tertiary/aromatic N) is 5. The number of aryl methyl sites for hydroxylation is 3. The van der Waals surface area contributed by atoms with Gasteiger partial charge in [-0.1, -0.05) is 23.5 Å². The van der Waals surface area contributed by atoms with Crippen molar-refractivity contribution in [3.8, 4) is 0 Å². The lowest BCUT2D eigenvalue weighted by molar-refractivity contribution is -0.671. The fourth-order valence-corrected chi connectivity index (χ4v) is 3.07. The Balaban J connectivity index is 0.000000352. The molecule has 0 atom stereocenters. The monoisotopic (exact) mass is 397 g/mol. The van der Waals surface area contributed by atoms with E-state index >= 15 is 0 Å². The van der Waals surface area contributed by atoms with E-state index in [9.17, 15) is 13.0 Å². The molecule has 11 heteroatoms. The molecular weight excluding hydrogens is 378 g/mol. The van der Waals surface area contributed by atoms with Gasteiger partial charge < -0.3 is 9.12 Å². The van der Waals surface area contributed by atoms with E-state index in [0.717, 1.165) is 17.7 Å². The summed E-state index contributed by atoms with van der Waals surface area (Å²) >= 11 is 1.64. The topological polar surface area (TPSA) is 105 Å². The van der Waals surface area contributed by atoms with Gasteiger partial charge in [-0.25, -0.2) is 17.6 Å². The molecule has 0 N–H and O–H groups in total. The van der Waals surface area contributed by atoms with E-state index in [0.29, 0.717) is 0 Å². The lowest BCUT2D eigenvalue weighted by Crippen LogP contribution is -2.31. The largest absolute Gasteiger partial charge is 0.726 e. The van der Waals surface area contributed by atoms with Gasteiger partial charge in [-0.3, -0.25) is 4.18 Å². The van der Waals surface area contributed by atoms with Crippen LogP contribution < -0.4 is 9.37 Å². The summed E-state index contributed by atoms with van der Waals surface area (Å²) in [5, 5.41) is 8.53. The van der Waals surface area contributed by atoms with E-state index in [1.54, 1.807) is 17.6 Å². The van der Waals surface area contributed by atoms with E-state index in [-0.39, 0.29) is 0 Å². The molecule has 0 amide bonds. The minimum atomic E-state index is -4.41. The molecule has 0 aliphatic heterocycles. The molecule has 3 rings (SSSR count). The highest BCUT2D eigenvalue weighted by Crippen LogP contribution is 2.14. The Morgan fingerprint density at radius 2 is 1.96 bits per heavy atom. The van der Waals surface area contributed by atoms with Gasteiger partial charge in [0.1, 0.15) is 18.6 Å². The van der Waals surface area contributed by atoms with Crippen LogP contribution in [0.5, 0.6) is 0 Å². The summed E-state index contributed by atoms with van der Waals surface area (Å²) < 4.78 is 38.3. The van der Waals surface area contributed by atoms with E-state index in [1.165, 1.54) is 10.2 Å². The second kappa shape index (κ2) is 8.36. The maximum Gasteiger partial charge on any atom is 0.301 e. The van der Waals surface area contributed by atoms with Crippen LogP contribution in [0.4, 0.5) is 0 Å². The number of imidazole rings is 1. The molecule has 26 heavy (non-hydrogen) atoms. The van der Waals surface area contributed by atoms with Crippen LogP contribution >= 0.6 is 11.3 Å². The molecule has 2 aromatic heterocycles. The second-order valence-corrected chi connectivity index (χ2v) is 7.37. The Kier molecular flexibility index (Phi) is 6.42. The minimum absolute atomic E-state index is 0.808. The average Bonchev–Trinajstić information content (AvgIpc) is 3.09. The molecule has 0 spiro atoms. The smallest absolute Gasteiger partial charge is 0.301 e. The van der Waals surface area contributed by atoms with Gasteiger partial charge >= 0.3 is 5.82 Å². The van der Waals surface area contributed by atoms with Gasteiger partial charge in [-0.15, -0.1) is 10.2 Å². The summed E-state index contributed by atoms with van der Waals surface area (Å²) in [6.45, 7) is 0. The van der Waals surface area contributed by atoms with Gasteiger partial charge in [0.2, 0.25) is 15.2 Å². The number of benzene rings is 1. The van der Waals surface area contributed by atoms with Crippen molar-refractivity contribution in [2.24, 2.45) is 31.3 Å². The van der Waals surface area contributed by atoms with Crippen molar-refractivity contribution in [1.29, 1.82) is 0 Å². The minimum Gasteiger partial charge on any atom is -0.726 e. The molecule has 0 saturated carbocycles. The molecule has 0 bridgehead atoms. The van der Waals surface area contributed by atoms with E-state index in [1.807, 2.05) is 54.8 Å². The van der Waals surface area contributed by atoms with Gasteiger partial charge in [-0.2, -0.15) is 0 Å². The predicted octanol–water partition coefficient (Wildman–Crippen LogP) is 0.431. The highest BCUT2D eigenvalue weighted by molar-refractivity contribution is 7.80. The third-order valence-electron chi connectivity index (χ3n) is 3.47. The predicted molar refractivity (Wildman–Crippen MR) is 97.2 cm³/mol. The number of fused-ring (bicyclic) bond motifs is 1. The average molecular weight is 397 g/mol. The van der Waals surface area contributed by atoms with Gasteiger partial charge in [0, 0.05) is 7.05 Å². The molecule has 0 radical (unpaired) electrons. The molecule has 0 aliphatic rings. The van der Waals surface area contributed by atoms with E-state index < -0.39 is 10.4 Å². The Morgan fingerprint density at radius 1 is 1.31 bits per heavy atom. The van der Waals surface area contributed by atoms with Crippen LogP contribution in [-0.2, 0) is 35.7 Å². The number of para-hydroxylation sites is 1. The first-order valence-corrected chi connectivity index (χ1v) is 9.52. The number of rotatable bonds is 3. The third-order valence-corrected chi connectivity index (χ3v) is 4.98. The Hall–Kier alpha value is -2.34. The lowest BCUT2D eigenvalue weighted by atomic mass is 10.3. The fourth-order valence-electron chi connectivity index (χ4n) is 2.09. The summed E-state index contributed by atoms with van der Waals surface area (Å²) in [6, 6.07) is 8.26. The van der Waals surface area contributed by atoms with Gasteiger partial charge in [0.15, 0.2) is 0 Å². The van der Waals surface area contributed by atoms with Crippen LogP contribution in [0.1, 0.15) is 5.82 Å². The fraction of sp³-hybridized carbons (Fsp3) is 0.267. The standard InChI is InChI=1S/C14H16N5S.CH4O4S/c1-17-8-9-18(2)13(17)10-15-16-14-19(3)11-6-4-5-7-12(11)20-14;1-5-6(2,3)4/h4-10H,1-3H3;1H3,(H,2,3,4)/q+1;/p-1. The van der Waals surface area contributed by atoms with Crippen molar-refractivity contribution in [3.63, 3.8) is 0 Å². The summed E-state index contributed by atoms with van der Waals surface area (Å²) in [5.74, 6) is 0.998. The molecule has 1 aromatic carbocycles. The van der Waals surface area contributed by atoms with Crippen LogP contribution in [0.25, 0.3) is 10.2 Å².